The Hall–Kier alpha value is -2.06. The summed E-state index contributed by atoms with van der Waals surface area (Å²) >= 11 is 3.52. The molecule has 0 saturated carbocycles. The van der Waals surface area contributed by atoms with Crippen molar-refractivity contribution in [2.75, 3.05) is 24.6 Å². The highest BCUT2D eigenvalue weighted by atomic mass is 32.2. The van der Waals surface area contributed by atoms with E-state index in [0.717, 1.165) is 45.6 Å². The average molecular weight is 375 g/mol. The molecule has 0 unspecified atom stereocenters. The van der Waals surface area contributed by atoms with Crippen LogP contribution in [0.1, 0.15) is 21.3 Å². The van der Waals surface area contributed by atoms with E-state index in [0.29, 0.717) is 11.5 Å². The maximum atomic E-state index is 12.4. The monoisotopic (exact) mass is 375 g/mol. The number of carbonyl (C=O) groups is 1. The molecule has 4 rings (SSSR count). The molecular formula is C17H17N3O3S2. The van der Waals surface area contributed by atoms with Crippen molar-refractivity contribution >= 4 is 39.2 Å². The second-order valence-corrected chi connectivity index (χ2v) is 8.19. The lowest BCUT2D eigenvalue weighted by Crippen LogP contribution is -2.38. The fraction of sp³-hybridized carbons (Fsp3) is 0.353. The molecule has 2 aromatic heterocycles. The Balaban J connectivity index is 1.40. The van der Waals surface area contributed by atoms with Crippen LogP contribution in [0, 0.1) is 6.92 Å². The first-order chi connectivity index (χ1) is 12.2. The minimum atomic E-state index is -0.0744. The van der Waals surface area contributed by atoms with Gasteiger partial charge in [-0.2, -0.15) is 11.8 Å². The first-order valence-corrected chi connectivity index (χ1v) is 9.99. The van der Waals surface area contributed by atoms with Gasteiger partial charge >= 0.3 is 0 Å². The lowest BCUT2D eigenvalue weighted by molar-refractivity contribution is 0.0761. The Morgan fingerprint density at radius 1 is 1.32 bits per heavy atom. The van der Waals surface area contributed by atoms with Crippen LogP contribution in [-0.4, -0.2) is 45.5 Å². The SMILES string of the molecule is Cc1nc2cc(OCc3cc(C(=O)N4CCSCC4)no3)ccc2s1. The number of nitrogens with zero attached hydrogens (tertiary/aromatic N) is 3. The number of carbonyl (C=O) groups excluding carboxylic acids is 1. The first kappa shape index (κ1) is 16.4. The molecule has 3 heterocycles. The van der Waals surface area contributed by atoms with Gasteiger partial charge in [-0.3, -0.25) is 4.79 Å². The third-order valence-corrected chi connectivity index (χ3v) is 5.82. The molecule has 1 aliphatic heterocycles. The zero-order valence-corrected chi connectivity index (χ0v) is 15.4. The van der Waals surface area contributed by atoms with Crippen molar-refractivity contribution < 1.29 is 14.1 Å². The molecule has 1 saturated heterocycles. The molecule has 130 valence electrons. The number of amides is 1. The van der Waals surface area contributed by atoms with Gasteiger partial charge in [0.25, 0.3) is 5.91 Å². The number of thiazole rings is 1. The minimum absolute atomic E-state index is 0.0744. The van der Waals surface area contributed by atoms with Crippen LogP contribution in [0.2, 0.25) is 0 Å². The maximum absolute atomic E-state index is 12.4. The number of fused-ring (bicyclic) bond motifs is 1. The van der Waals surface area contributed by atoms with Gasteiger partial charge in [0, 0.05) is 36.7 Å². The summed E-state index contributed by atoms with van der Waals surface area (Å²) in [4.78, 5) is 18.7. The van der Waals surface area contributed by atoms with Crippen LogP contribution in [0.15, 0.2) is 28.8 Å². The van der Waals surface area contributed by atoms with Crippen molar-refractivity contribution in [3.63, 3.8) is 0 Å². The van der Waals surface area contributed by atoms with Crippen molar-refractivity contribution in [1.82, 2.24) is 15.0 Å². The number of hydrogen-bond donors (Lipinski definition) is 0. The average Bonchev–Trinajstić information content (AvgIpc) is 3.25. The summed E-state index contributed by atoms with van der Waals surface area (Å²) in [6.45, 7) is 3.73. The van der Waals surface area contributed by atoms with E-state index >= 15 is 0 Å². The lowest BCUT2D eigenvalue weighted by Gasteiger charge is -2.25. The number of rotatable bonds is 4. The van der Waals surface area contributed by atoms with Gasteiger partial charge in [-0.05, 0) is 19.1 Å². The van der Waals surface area contributed by atoms with E-state index in [2.05, 4.69) is 10.1 Å². The number of hydrogen-bond acceptors (Lipinski definition) is 7. The predicted octanol–water partition coefficient (Wildman–Crippen LogP) is 3.36. The minimum Gasteiger partial charge on any atom is -0.485 e. The summed E-state index contributed by atoms with van der Waals surface area (Å²) in [5, 5.41) is 4.92. The normalized spacial score (nSPS) is 14.8. The highest BCUT2D eigenvalue weighted by Gasteiger charge is 2.21. The first-order valence-electron chi connectivity index (χ1n) is 8.02. The van der Waals surface area contributed by atoms with E-state index < -0.39 is 0 Å². The Morgan fingerprint density at radius 2 is 2.16 bits per heavy atom. The topological polar surface area (TPSA) is 68.5 Å². The van der Waals surface area contributed by atoms with E-state index in [1.807, 2.05) is 41.8 Å². The Kier molecular flexibility index (Phi) is 4.63. The molecule has 0 atom stereocenters. The van der Waals surface area contributed by atoms with Gasteiger partial charge in [0.2, 0.25) is 0 Å². The van der Waals surface area contributed by atoms with Crippen LogP contribution < -0.4 is 4.74 Å². The van der Waals surface area contributed by atoms with Crippen LogP contribution >= 0.6 is 23.1 Å². The molecule has 1 fully saturated rings. The van der Waals surface area contributed by atoms with E-state index in [1.54, 1.807) is 17.4 Å². The summed E-state index contributed by atoms with van der Waals surface area (Å²) in [5.74, 6) is 3.12. The van der Waals surface area contributed by atoms with Gasteiger partial charge in [-0.15, -0.1) is 11.3 Å². The number of ether oxygens (including phenoxy) is 1. The van der Waals surface area contributed by atoms with Gasteiger partial charge < -0.3 is 14.2 Å². The highest BCUT2D eigenvalue weighted by molar-refractivity contribution is 7.99. The summed E-state index contributed by atoms with van der Waals surface area (Å²) < 4.78 is 12.1. The number of benzene rings is 1. The summed E-state index contributed by atoms with van der Waals surface area (Å²) in [7, 11) is 0. The van der Waals surface area contributed by atoms with E-state index in [4.69, 9.17) is 9.26 Å². The molecular weight excluding hydrogens is 358 g/mol. The predicted molar refractivity (Wildman–Crippen MR) is 98.4 cm³/mol. The molecule has 0 radical (unpaired) electrons. The zero-order chi connectivity index (χ0) is 17.2. The fourth-order valence-corrected chi connectivity index (χ4v) is 4.39. The van der Waals surface area contributed by atoms with Crippen molar-refractivity contribution in [2.45, 2.75) is 13.5 Å². The molecule has 6 nitrogen and oxygen atoms in total. The fourth-order valence-electron chi connectivity index (χ4n) is 2.68. The zero-order valence-electron chi connectivity index (χ0n) is 13.7. The Labute approximate surface area is 153 Å². The van der Waals surface area contributed by atoms with E-state index in [9.17, 15) is 4.79 Å². The van der Waals surface area contributed by atoms with Crippen LogP contribution in [0.3, 0.4) is 0 Å². The Morgan fingerprint density at radius 3 is 3.00 bits per heavy atom. The Bertz CT molecular complexity index is 900. The third kappa shape index (κ3) is 3.64. The van der Waals surface area contributed by atoms with Crippen LogP contribution in [0.4, 0.5) is 0 Å². The van der Waals surface area contributed by atoms with Crippen molar-refractivity contribution in [2.24, 2.45) is 0 Å². The number of aryl methyl sites for hydroxylation is 1. The molecule has 1 aliphatic rings. The largest absolute Gasteiger partial charge is 0.485 e. The van der Waals surface area contributed by atoms with Gasteiger partial charge in [-0.25, -0.2) is 4.98 Å². The molecule has 0 spiro atoms. The van der Waals surface area contributed by atoms with E-state index in [-0.39, 0.29) is 12.5 Å². The third-order valence-electron chi connectivity index (χ3n) is 3.92. The van der Waals surface area contributed by atoms with Gasteiger partial charge in [0.15, 0.2) is 11.5 Å². The van der Waals surface area contributed by atoms with Crippen LogP contribution in [-0.2, 0) is 6.61 Å². The van der Waals surface area contributed by atoms with Crippen molar-refractivity contribution in [3.05, 3.63) is 40.7 Å². The lowest BCUT2D eigenvalue weighted by atomic mass is 10.3. The molecule has 1 aromatic carbocycles. The van der Waals surface area contributed by atoms with Crippen LogP contribution in [0.5, 0.6) is 5.75 Å². The van der Waals surface area contributed by atoms with E-state index in [1.165, 1.54) is 0 Å². The number of aromatic nitrogens is 2. The molecule has 8 heteroatoms. The number of thioether (sulfide) groups is 1. The van der Waals surface area contributed by atoms with Crippen LogP contribution in [0.25, 0.3) is 10.2 Å². The molecule has 0 N–H and O–H groups in total. The highest BCUT2D eigenvalue weighted by Crippen LogP contribution is 2.26. The maximum Gasteiger partial charge on any atom is 0.276 e. The smallest absolute Gasteiger partial charge is 0.276 e. The molecule has 0 aliphatic carbocycles. The standard InChI is InChI=1S/C17H17N3O3S2/c1-11-18-14-8-12(2-3-16(14)25-11)22-10-13-9-15(19-23-13)17(21)20-4-6-24-7-5-20/h2-3,8-9H,4-7,10H2,1H3. The summed E-state index contributed by atoms with van der Waals surface area (Å²) in [5.41, 5.74) is 1.27. The molecule has 3 aromatic rings. The molecule has 1 amide bonds. The molecule has 25 heavy (non-hydrogen) atoms. The quantitative estimate of drug-likeness (QED) is 0.696. The second-order valence-electron chi connectivity index (χ2n) is 5.73. The van der Waals surface area contributed by atoms with Crippen molar-refractivity contribution in [1.29, 1.82) is 0 Å². The van der Waals surface area contributed by atoms with Gasteiger partial charge in [0.05, 0.1) is 15.2 Å². The van der Waals surface area contributed by atoms with Gasteiger partial charge in [0.1, 0.15) is 12.4 Å². The second kappa shape index (κ2) is 7.05. The summed E-state index contributed by atoms with van der Waals surface area (Å²) in [6, 6.07) is 7.48. The summed E-state index contributed by atoms with van der Waals surface area (Å²) in [6.07, 6.45) is 0. The molecule has 0 bridgehead atoms. The van der Waals surface area contributed by atoms with Gasteiger partial charge in [-0.1, -0.05) is 5.16 Å². The van der Waals surface area contributed by atoms with Crippen molar-refractivity contribution in [3.8, 4) is 5.75 Å².